The molecule has 3 heteroatoms. The molecule has 0 saturated heterocycles. The Morgan fingerprint density at radius 1 is 1.71 bits per heavy atom. The van der Waals surface area contributed by atoms with Gasteiger partial charge in [-0.15, -0.1) is 0 Å². The van der Waals surface area contributed by atoms with Gasteiger partial charge in [0.25, 0.3) is 0 Å². The number of aliphatic carboxylic acids is 1. The maximum absolute atomic E-state index is 8.89. The van der Waals surface area contributed by atoms with Gasteiger partial charge in [0.05, 0.1) is 6.92 Å². The van der Waals surface area contributed by atoms with Gasteiger partial charge in [-0.2, -0.15) is 0 Å². The maximum atomic E-state index is 8.89. The van der Waals surface area contributed by atoms with Crippen molar-refractivity contribution >= 4 is 12.3 Å². The SMILES string of the molecule is [CH2]C(=O)O.[CH2]C=O. The average Bonchev–Trinajstić information content (AvgIpc) is 1.33. The lowest BCUT2D eigenvalue weighted by molar-refractivity contribution is -0.131. The lowest BCUT2D eigenvalue weighted by atomic mass is 10.9. The molecule has 1 N–H and O–H groups in total. The Hall–Kier alpha value is -0.860. The molecule has 2 radical (unpaired) electrons. The lowest BCUT2D eigenvalue weighted by Crippen LogP contribution is -1.79. The average molecular weight is 102 g/mol. The van der Waals surface area contributed by atoms with Gasteiger partial charge >= 0.3 is 5.97 Å². The second kappa shape index (κ2) is 8.94. The molecule has 0 aromatic rings. The summed E-state index contributed by atoms with van der Waals surface area (Å²) in [6.07, 6.45) is 0.500. The van der Waals surface area contributed by atoms with Crippen LogP contribution in [0.2, 0.25) is 0 Å². The molecule has 0 unspecified atom stereocenters. The highest BCUT2D eigenvalue weighted by atomic mass is 16.4. The van der Waals surface area contributed by atoms with Crippen molar-refractivity contribution in [3.8, 4) is 0 Å². The standard InChI is InChI=1S/C2H3O2.C2H3O/c1-2(3)4;1-2-3/h1H2,(H,3,4);2H,1H2. The molecule has 0 amide bonds. The number of hydrogen-bond acceptors (Lipinski definition) is 2. The Morgan fingerprint density at radius 3 is 1.71 bits per heavy atom. The maximum Gasteiger partial charge on any atom is 0.303 e. The van der Waals surface area contributed by atoms with Crippen LogP contribution in [0.25, 0.3) is 0 Å². The van der Waals surface area contributed by atoms with Crippen LogP contribution in [-0.4, -0.2) is 17.4 Å². The van der Waals surface area contributed by atoms with Gasteiger partial charge in [-0.25, -0.2) is 0 Å². The third-order valence-corrected chi connectivity index (χ3v) is 0. The zero-order chi connectivity index (χ0) is 6.28. The third kappa shape index (κ3) is 68.5. The van der Waals surface area contributed by atoms with Crippen molar-refractivity contribution in [2.75, 3.05) is 0 Å². The molecular weight excluding hydrogens is 96.0 g/mol. The van der Waals surface area contributed by atoms with E-state index in [-0.39, 0.29) is 0 Å². The Bertz CT molecular complexity index is 54.0. The summed E-state index contributed by atoms with van der Waals surface area (Å²) >= 11 is 0. The summed E-state index contributed by atoms with van der Waals surface area (Å²) in [6, 6.07) is 0. The molecule has 0 fully saturated rings. The molecule has 0 heterocycles. The van der Waals surface area contributed by atoms with Crippen molar-refractivity contribution in [3.63, 3.8) is 0 Å². The van der Waals surface area contributed by atoms with E-state index in [2.05, 4.69) is 13.8 Å². The fraction of sp³-hybridized carbons (Fsp3) is 0. The number of carboxylic acid groups (broad SMARTS) is 1. The Morgan fingerprint density at radius 2 is 1.71 bits per heavy atom. The summed E-state index contributed by atoms with van der Waals surface area (Å²) in [5.41, 5.74) is 0. The van der Waals surface area contributed by atoms with Gasteiger partial charge in [-0.05, 0) is 0 Å². The van der Waals surface area contributed by atoms with E-state index >= 15 is 0 Å². The van der Waals surface area contributed by atoms with Crippen LogP contribution in [0.5, 0.6) is 0 Å². The van der Waals surface area contributed by atoms with Crippen molar-refractivity contribution in [2.45, 2.75) is 0 Å². The second-order valence-corrected chi connectivity index (χ2v) is 0.560. The van der Waals surface area contributed by atoms with Crippen molar-refractivity contribution in [2.24, 2.45) is 0 Å². The van der Waals surface area contributed by atoms with Crippen LogP contribution in [-0.2, 0) is 9.59 Å². The summed E-state index contributed by atoms with van der Waals surface area (Å²) in [5, 5.41) is 7.31. The number of rotatable bonds is 0. The van der Waals surface area contributed by atoms with Crippen LogP contribution < -0.4 is 0 Å². The molecule has 0 atom stereocenters. The predicted molar refractivity (Wildman–Crippen MR) is 24.4 cm³/mol. The van der Waals surface area contributed by atoms with Gasteiger partial charge in [0.15, 0.2) is 0 Å². The van der Waals surface area contributed by atoms with E-state index in [9.17, 15) is 0 Å². The van der Waals surface area contributed by atoms with Gasteiger partial charge in [0.1, 0.15) is 6.29 Å². The number of carbonyl (C=O) groups excluding carboxylic acids is 1. The normalized spacial score (nSPS) is 5.43. The van der Waals surface area contributed by atoms with Gasteiger partial charge in [-0.3, -0.25) is 4.79 Å². The molecule has 0 bridgehead atoms. The van der Waals surface area contributed by atoms with E-state index in [0.29, 0.717) is 6.29 Å². The monoisotopic (exact) mass is 102 g/mol. The Balaban J connectivity index is 0. The molecule has 3 nitrogen and oxygen atoms in total. The van der Waals surface area contributed by atoms with Crippen molar-refractivity contribution in [1.82, 2.24) is 0 Å². The minimum atomic E-state index is -1.08. The smallest absolute Gasteiger partial charge is 0.303 e. The van der Waals surface area contributed by atoms with Gasteiger partial charge in [0, 0.05) is 6.92 Å². The molecule has 0 aliphatic rings. The minimum absolute atomic E-state index is 0.500. The zero-order valence-corrected chi connectivity index (χ0v) is 3.76. The topological polar surface area (TPSA) is 54.4 Å². The summed E-state index contributed by atoms with van der Waals surface area (Å²) in [7, 11) is 0. The summed E-state index contributed by atoms with van der Waals surface area (Å²) in [4.78, 5) is 17.6. The number of carboxylic acids is 1. The first kappa shape index (κ1) is 9.46. The van der Waals surface area contributed by atoms with Crippen LogP contribution in [0.3, 0.4) is 0 Å². The molecule has 0 aromatic carbocycles. The molecule has 0 aromatic heterocycles. The summed E-state index contributed by atoms with van der Waals surface area (Å²) in [6.45, 7) is 5.36. The van der Waals surface area contributed by atoms with E-state index in [1.54, 1.807) is 0 Å². The van der Waals surface area contributed by atoms with Crippen LogP contribution in [0.1, 0.15) is 0 Å². The molecule has 0 rings (SSSR count). The van der Waals surface area contributed by atoms with Crippen molar-refractivity contribution in [3.05, 3.63) is 13.8 Å². The highest BCUT2D eigenvalue weighted by Crippen LogP contribution is 1.40. The predicted octanol–water partition coefficient (Wildman–Crippen LogP) is -0.0755. The van der Waals surface area contributed by atoms with E-state index in [0.717, 1.165) is 0 Å². The fourth-order valence-corrected chi connectivity index (χ4v) is 0. The molecule has 0 aliphatic carbocycles. The molecular formula is C4H6O3. The highest BCUT2D eigenvalue weighted by molar-refractivity contribution is 5.71. The molecule has 0 saturated carbocycles. The molecule has 0 aliphatic heterocycles. The quantitative estimate of drug-likeness (QED) is 0.435. The molecule has 7 heavy (non-hydrogen) atoms. The van der Waals surface area contributed by atoms with Gasteiger partial charge < -0.3 is 9.90 Å². The van der Waals surface area contributed by atoms with Crippen LogP contribution >= 0.6 is 0 Å². The Kier molecular flexibility index (Phi) is 12.1. The lowest BCUT2D eigenvalue weighted by Gasteiger charge is -1.58. The van der Waals surface area contributed by atoms with E-state index in [4.69, 9.17) is 14.7 Å². The first-order valence-electron chi connectivity index (χ1n) is 1.43. The zero-order valence-electron chi connectivity index (χ0n) is 3.76. The van der Waals surface area contributed by atoms with Crippen LogP contribution in [0.4, 0.5) is 0 Å². The van der Waals surface area contributed by atoms with E-state index in [1.165, 1.54) is 0 Å². The summed E-state index contributed by atoms with van der Waals surface area (Å²) < 4.78 is 0. The van der Waals surface area contributed by atoms with Gasteiger partial charge in [0.2, 0.25) is 0 Å². The van der Waals surface area contributed by atoms with E-state index in [1.807, 2.05) is 0 Å². The third-order valence-electron chi connectivity index (χ3n) is 0. The first-order valence-corrected chi connectivity index (χ1v) is 1.43. The van der Waals surface area contributed by atoms with E-state index < -0.39 is 5.97 Å². The summed E-state index contributed by atoms with van der Waals surface area (Å²) in [5.74, 6) is -1.08. The van der Waals surface area contributed by atoms with Crippen molar-refractivity contribution < 1.29 is 14.7 Å². The molecule has 0 spiro atoms. The number of hydrogen-bond donors (Lipinski definition) is 1. The minimum Gasteiger partial charge on any atom is -0.481 e. The number of aldehydes is 1. The van der Waals surface area contributed by atoms with Crippen molar-refractivity contribution in [1.29, 1.82) is 0 Å². The fourth-order valence-electron chi connectivity index (χ4n) is 0. The highest BCUT2D eigenvalue weighted by Gasteiger charge is 1.66. The molecule has 40 valence electrons. The van der Waals surface area contributed by atoms with Crippen LogP contribution in [0.15, 0.2) is 0 Å². The Labute approximate surface area is 42.0 Å². The number of carbonyl (C=O) groups is 2. The van der Waals surface area contributed by atoms with Gasteiger partial charge in [-0.1, -0.05) is 0 Å². The van der Waals surface area contributed by atoms with Crippen LogP contribution in [0, 0.1) is 13.8 Å². The largest absolute Gasteiger partial charge is 0.481 e. The second-order valence-electron chi connectivity index (χ2n) is 0.560. The first-order chi connectivity index (χ1) is 3.15.